The summed E-state index contributed by atoms with van der Waals surface area (Å²) in [6.45, 7) is 10.9. The van der Waals surface area contributed by atoms with Crippen molar-refractivity contribution in [1.29, 1.82) is 0 Å². The molecule has 0 aliphatic carbocycles. The van der Waals surface area contributed by atoms with E-state index in [0.29, 0.717) is 12.5 Å². The molecule has 38 heavy (non-hydrogen) atoms. The number of aliphatic hydroxyl groups is 1. The van der Waals surface area contributed by atoms with Crippen LogP contribution in [0.2, 0.25) is 5.04 Å². The Bertz CT molecular complexity index is 1100. The van der Waals surface area contributed by atoms with Gasteiger partial charge in [-0.05, 0) is 27.9 Å². The zero-order chi connectivity index (χ0) is 27.4. The van der Waals surface area contributed by atoms with Crippen LogP contribution in [0, 0.1) is 0 Å². The quantitative estimate of drug-likeness (QED) is 0.158. The van der Waals surface area contributed by atoms with Crippen molar-refractivity contribution in [2.75, 3.05) is 25.6 Å². The van der Waals surface area contributed by atoms with Gasteiger partial charge in [0.2, 0.25) is 0 Å². The standard InChI is InChI=1S/C33H42ClNO2Si/c1-28(25-34)22-23-35(26-29-15-8-5-9-16-29)30(17-14-24-36)27-37-38(33(2,3)4,31-18-10-6-11-19-31)32-20-12-7-13-21-32/h5-22,30,36H,23-27H2,1-4H3/b17-14+,28-22+/t30-/m0/s1. The molecule has 0 saturated heterocycles. The van der Waals surface area contributed by atoms with Crippen molar-refractivity contribution in [2.45, 2.75) is 45.3 Å². The van der Waals surface area contributed by atoms with E-state index < -0.39 is 8.32 Å². The van der Waals surface area contributed by atoms with Crippen LogP contribution in [-0.2, 0) is 11.0 Å². The highest BCUT2D eigenvalue weighted by atomic mass is 35.5. The summed E-state index contributed by atoms with van der Waals surface area (Å²) in [6, 6.07) is 31.9. The second-order valence-corrected chi connectivity index (χ2v) is 15.3. The van der Waals surface area contributed by atoms with Crippen LogP contribution >= 0.6 is 11.6 Å². The van der Waals surface area contributed by atoms with E-state index in [9.17, 15) is 5.11 Å². The lowest BCUT2D eigenvalue weighted by Crippen LogP contribution is -2.67. The first-order valence-corrected chi connectivity index (χ1v) is 15.8. The molecule has 3 aromatic rings. The average molecular weight is 548 g/mol. The Hall–Kier alpha value is -2.47. The van der Waals surface area contributed by atoms with Gasteiger partial charge in [-0.25, -0.2) is 0 Å². The minimum Gasteiger partial charge on any atom is -0.405 e. The molecular weight excluding hydrogens is 506 g/mol. The van der Waals surface area contributed by atoms with E-state index in [1.54, 1.807) is 0 Å². The molecule has 1 atom stereocenters. The topological polar surface area (TPSA) is 32.7 Å². The predicted octanol–water partition coefficient (Wildman–Crippen LogP) is 6.17. The van der Waals surface area contributed by atoms with E-state index in [0.717, 1.165) is 18.7 Å². The van der Waals surface area contributed by atoms with Crippen LogP contribution in [0.3, 0.4) is 0 Å². The molecule has 0 aromatic heterocycles. The van der Waals surface area contributed by atoms with Crippen molar-refractivity contribution >= 4 is 30.3 Å². The van der Waals surface area contributed by atoms with Crippen LogP contribution in [0.25, 0.3) is 0 Å². The molecule has 0 heterocycles. The maximum Gasteiger partial charge on any atom is 0.261 e. The number of alkyl halides is 1. The first kappa shape index (κ1) is 30.1. The van der Waals surface area contributed by atoms with Crippen LogP contribution in [-0.4, -0.2) is 50.0 Å². The summed E-state index contributed by atoms with van der Waals surface area (Å²) in [5.74, 6) is 0.509. The summed E-state index contributed by atoms with van der Waals surface area (Å²) in [7, 11) is -2.70. The van der Waals surface area contributed by atoms with Gasteiger partial charge in [-0.2, -0.15) is 0 Å². The van der Waals surface area contributed by atoms with E-state index in [1.807, 2.05) is 12.1 Å². The molecule has 0 spiro atoms. The molecule has 0 amide bonds. The first-order chi connectivity index (χ1) is 18.3. The average Bonchev–Trinajstić information content (AvgIpc) is 2.94. The lowest BCUT2D eigenvalue weighted by Gasteiger charge is -2.44. The first-order valence-electron chi connectivity index (χ1n) is 13.3. The van der Waals surface area contributed by atoms with Gasteiger partial charge in [-0.15, -0.1) is 11.6 Å². The predicted molar refractivity (Wildman–Crippen MR) is 165 cm³/mol. The molecule has 0 aliphatic heterocycles. The van der Waals surface area contributed by atoms with Crippen molar-refractivity contribution in [3.05, 3.63) is 120 Å². The molecule has 0 radical (unpaired) electrons. The smallest absolute Gasteiger partial charge is 0.261 e. The minimum absolute atomic E-state index is 0.00850. The minimum atomic E-state index is -2.70. The molecule has 0 bridgehead atoms. The summed E-state index contributed by atoms with van der Waals surface area (Å²) < 4.78 is 7.29. The Balaban J connectivity index is 2.05. The van der Waals surface area contributed by atoms with Gasteiger partial charge in [0.05, 0.1) is 19.3 Å². The van der Waals surface area contributed by atoms with E-state index >= 15 is 0 Å². The number of rotatable bonds is 13. The second kappa shape index (κ2) is 14.6. The number of hydrogen-bond acceptors (Lipinski definition) is 3. The van der Waals surface area contributed by atoms with Gasteiger partial charge in [-0.3, -0.25) is 4.90 Å². The number of nitrogens with zero attached hydrogens (tertiary/aromatic N) is 1. The molecule has 1 N–H and O–H groups in total. The highest BCUT2D eigenvalue weighted by Gasteiger charge is 2.50. The molecule has 0 fully saturated rings. The molecule has 3 rings (SSSR count). The third-order valence-corrected chi connectivity index (χ3v) is 12.4. The molecule has 5 heteroatoms. The monoisotopic (exact) mass is 547 g/mol. The Labute approximate surface area is 235 Å². The number of allylic oxidation sites excluding steroid dienone is 1. The number of hydrogen-bond donors (Lipinski definition) is 1. The van der Waals surface area contributed by atoms with Crippen molar-refractivity contribution in [2.24, 2.45) is 0 Å². The number of halogens is 1. The third kappa shape index (κ3) is 7.78. The van der Waals surface area contributed by atoms with Crippen LogP contribution in [0.1, 0.15) is 33.3 Å². The molecular formula is C33H42ClNO2Si. The molecule has 202 valence electrons. The fourth-order valence-corrected chi connectivity index (χ4v) is 9.62. The van der Waals surface area contributed by atoms with E-state index in [2.05, 4.69) is 130 Å². The summed E-state index contributed by atoms with van der Waals surface area (Å²) in [5, 5.41) is 12.1. The van der Waals surface area contributed by atoms with Crippen LogP contribution < -0.4 is 10.4 Å². The van der Waals surface area contributed by atoms with Crippen LogP contribution in [0.15, 0.2) is 115 Å². The Morgan fingerprint density at radius 2 is 1.45 bits per heavy atom. The summed E-state index contributed by atoms with van der Waals surface area (Å²) >= 11 is 6.11. The molecule has 0 aliphatic rings. The summed E-state index contributed by atoms with van der Waals surface area (Å²) in [5.41, 5.74) is 2.37. The molecule has 0 saturated carbocycles. The van der Waals surface area contributed by atoms with Crippen molar-refractivity contribution in [1.82, 2.24) is 4.90 Å². The summed E-state index contributed by atoms with van der Waals surface area (Å²) in [4.78, 5) is 2.40. The van der Waals surface area contributed by atoms with E-state index in [1.165, 1.54) is 15.9 Å². The number of aliphatic hydroxyl groups excluding tert-OH is 1. The van der Waals surface area contributed by atoms with Gasteiger partial charge in [0.15, 0.2) is 0 Å². The van der Waals surface area contributed by atoms with Gasteiger partial charge in [0.25, 0.3) is 8.32 Å². The lowest BCUT2D eigenvalue weighted by molar-refractivity contribution is 0.163. The lowest BCUT2D eigenvalue weighted by atomic mass is 10.1. The van der Waals surface area contributed by atoms with Crippen molar-refractivity contribution in [3.8, 4) is 0 Å². The van der Waals surface area contributed by atoms with Gasteiger partial charge in [-0.1, -0.05) is 136 Å². The Morgan fingerprint density at radius 1 is 0.921 bits per heavy atom. The molecule has 3 aromatic carbocycles. The zero-order valence-electron chi connectivity index (χ0n) is 23.2. The van der Waals surface area contributed by atoms with Crippen molar-refractivity contribution in [3.63, 3.8) is 0 Å². The third-order valence-electron chi connectivity index (χ3n) is 6.93. The van der Waals surface area contributed by atoms with Crippen LogP contribution in [0.4, 0.5) is 0 Å². The van der Waals surface area contributed by atoms with E-state index in [4.69, 9.17) is 16.0 Å². The van der Waals surface area contributed by atoms with Gasteiger partial charge < -0.3 is 9.53 Å². The van der Waals surface area contributed by atoms with Crippen LogP contribution in [0.5, 0.6) is 0 Å². The van der Waals surface area contributed by atoms with Gasteiger partial charge in [0.1, 0.15) is 0 Å². The SMILES string of the molecule is C/C(=C\CN(Cc1ccccc1)[C@@H](/C=C/CO)CO[Si](c1ccccc1)(c1ccccc1)C(C)(C)C)CCl. The summed E-state index contributed by atoms with van der Waals surface area (Å²) in [6.07, 6.45) is 6.11. The fraction of sp³-hybridized carbons (Fsp3) is 0.333. The fourth-order valence-electron chi connectivity index (χ4n) is 4.94. The maximum absolute atomic E-state index is 9.69. The van der Waals surface area contributed by atoms with Gasteiger partial charge in [0, 0.05) is 19.0 Å². The van der Waals surface area contributed by atoms with E-state index in [-0.39, 0.29) is 17.7 Å². The normalized spacial score (nSPS) is 13.8. The molecule has 3 nitrogen and oxygen atoms in total. The highest BCUT2D eigenvalue weighted by molar-refractivity contribution is 6.99. The Kier molecular flexibility index (Phi) is 11.6. The Morgan fingerprint density at radius 3 is 1.92 bits per heavy atom. The number of benzene rings is 3. The second-order valence-electron chi connectivity index (χ2n) is 10.8. The zero-order valence-corrected chi connectivity index (χ0v) is 24.9. The molecule has 0 unspecified atom stereocenters. The highest BCUT2D eigenvalue weighted by Crippen LogP contribution is 2.37. The van der Waals surface area contributed by atoms with Gasteiger partial charge >= 0.3 is 0 Å². The largest absolute Gasteiger partial charge is 0.405 e. The van der Waals surface area contributed by atoms with Crippen molar-refractivity contribution < 1.29 is 9.53 Å². The maximum atomic E-state index is 9.69.